The first-order chi connectivity index (χ1) is 9.75. The molecule has 0 radical (unpaired) electrons. The Labute approximate surface area is 126 Å². The van der Waals surface area contributed by atoms with Crippen LogP contribution in [0.25, 0.3) is 0 Å². The van der Waals surface area contributed by atoms with Gasteiger partial charge in [-0.25, -0.2) is 4.39 Å². The van der Waals surface area contributed by atoms with Crippen molar-refractivity contribution in [2.24, 2.45) is 11.3 Å². The Morgan fingerprint density at radius 1 is 1.38 bits per heavy atom. The van der Waals surface area contributed by atoms with E-state index in [2.05, 4.69) is 13.8 Å². The van der Waals surface area contributed by atoms with E-state index in [1.165, 1.54) is 13.2 Å². The van der Waals surface area contributed by atoms with Crippen molar-refractivity contribution in [3.8, 4) is 5.75 Å². The summed E-state index contributed by atoms with van der Waals surface area (Å²) in [7, 11) is 1.43. The van der Waals surface area contributed by atoms with Crippen LogP contribution >= 0.6 is 0 Å². The summed E-state index contributed by atoms with van der Waals surface area (Å²) in [5.41, 5.74) is 0.840. The lowest BCUT2D eigenvalue weighted by Gasteiger charge is -2.44. The SMILES string of the molecule is COc1ccc(N(C(=O)C2CC(C)(C)C2)C(C)C)cc1F. The number of methoxy groups -OCH3 is 1. The fourth-order valence-electron chi connectivity index (χ4n) is 3.13. The lowest BCUT2D eigenvalue weighted by atomic mass is 9.64. The van der Waals surface area contributed by atoms with E-state index in [0.717, 1.165) is 12.8 Å². The molecule has 0 saturated heterocycles. The van der Waals surface area contributed by atoms with Crippen molar-refractivity contribution in [2.45, 2.75) is 46.6 Å². The van der Waals surface area contributed by atoms with Gasteiger partial charge >= 0.3 is 0 Å². The summed E-state index contributed by atoms with van der Waals surface area (Å²) in [5.74, 6) is -0.108. The van der Waals surface area contributed by atoms with Crippen LogP contribution in [-0.4, -0.2) is 19.1 Å². The standard InChI is InChI=1S/C17H24FNO2/c1-11(2)19(16(20)12-9-17(3,4)10-12)13-6-7-15(21-5)14(18)8-13/h6-8,11-12H,9-10H2,1-5H3. The number of halogens is 1. The number of amides is 1. The molecular formula is C17H24FNO2. The van der Waals surface area contributed by atoms with Crippen molar-refractivity contribution >= 4 is 11.6 Å². The van der Waals surface area contributed by atoms with Gasteiger partial charge in [-0.3, -0.25) is 4.79 Å². The van der Waals surface area contributed by atoms with Crippen LogP contribution < -0.4 is 9.64 Å². The van der Waals surface area contributed by atoms with Crippen molar-refractivity contribution in [3.05, 3.63) is 24.0 Å². The van der Waals surface area contributed by atoms with E-state index in [9.17, 15) is 9.18 Å². The number of ether oxygens (including phenoxy) is 1. The molecule has 21 heavy (non-hydrogen) atoms. The molecular weight excluding hydrogens is 269 g/mol. The van der Waals surface area contributed by atoms with Crippen LogP contribution in [0.3, 0.4) is 0 Å². The first-order valence-electron chi connectivity index (χ1n) is 7.42. The second-order valence-corrected chi connectivity index (χ2v) is 6.89. The van der Waals surface area contributed by atoms with E-state index in [1.54, 1.807) is 17.0 Å². The van der Waals surface area contributed by atoms with Gasteiger partial charge in [0.2, 0.25) is 5.91 Å². The van der Waals surface area contributed by atoms with Gasteiger partial charge in [0.05, 0.1) is 7.11 Å². The van der Waals surface area contributed by atoms with Crippen molar-refractivity contribution in [3.63, 3.8) is 0 Å². The monoisotopic (exact) mass is 293 g/mol. The maximum atomic E-state index is 13.9. The highest BCUT2D eigenvalue weighted by molar-refractivity contribution is 5.96. The molecule has 1 saturated carbocycles. The smallest absolute Gasteiger partial charge is 0.230 e. The Morgan fingerprint density at radius 3 is 2.43 bits per heavy atom. The Kier molecular flexibility index (Phi) is 4.26. The molecule has 1 amide bonds. The number of hydrogen-bond acceptors (Lipinski definition) is 2. The summed E-state index contributed by atoms with van der Waals surface area (Å²) >= 11 is 0. The summed E-state index contributed by atoms with van der Waals surface area (Å²) in [6.07, 6.45) is 1.79. The molecule has 1 aliphatic rings. The van der Waals surface area contributed by atoms with Gasteiger partial charge in [0.1, 0.15) is 0 Å². The van der Waals surface area contributed by atoms with E-state index < -0.39 is 5.82 Å². The zero-order valence-corrected chi connectivity index (χ0v) is 13.4. The number of carbonyl (C=O) groups excluding carboxylic acids is 1. The van der Waals surface area contributed by atoms with Crippen molar-refractivity contribution in [1.82, 2.24) is 0 Å². The van der Waals surface area contributed by atoms with Crippen molar-refractivity contribution in [2.75, 3.05) is 12.0 Å². The molecule has 0 aromatic heterocycles. The molecule has 1 aromatic carbocycles. The molecule has 1 fully saturated rings. The number of anilines is 1. The minimum absolute atomic E-state index is 0.00555. The number of hydrogen-bond donors (Lipinski definition) is 0. The number of nitrogens with zero attached hydrogens (tertiary/aromatic N) is 1. The lowest BCUT2D eigenvalue weighted by molar-refractivity contribution is -0.129. The highest BCUT2D eigenvalue weighted by Gasteiger charge is 2.42. The van der Waals surface area contributed by atoms with Crippen LogP contribution in [0.5, 0.6) is 5.75 Å². The van der Waals surface area contributed by atoms with Crippen molar-refractivity contribution < 1.29 is 13.9 Å². The molecule has 2 rings (SSSR count). The molecule has 0 spiro atoms. The van der Waals surface area contributed by atoms with Crippen LogP contribution in [0.4, 0.5) is 10.1 Å². The van der Waals surface area contributed by atoms with E-state index in [-0.39, 0.29) is 29.0 Å². The van der Waals surface area contributed by atoms with Crippen molar-refractivity contribution in [1.29, 1.82) is 0 Å². The van der Waals surface area contributed by atoms with Gasteiger partial charge in [-0.05, 0) is 44.2 Å². The van der Waals surface area contributed by atoms with Crippen LogP contribution in [-0.2, 0) is 4.79 Å². The highest BCUT2D eigenvalue weighted by Crippen LogP contribution is 2.46. The predicted molar refractivity (Wildman–Crippen MR) is 82.1 cm³/mol. The Balaban J connectivity index is 2.23. The molecule has 0 bridgehead atoms. The lowest BCUT2D eigenvalue weighted by Crippen LogP contribution is -2.47. The zero-order chi connectivity index (χ0) is 15.8. The Hall–Kier alpha value is -1.58. The molecule has 0 atom stereocenters. The molecule has 1 aromatic rings. The highest BCUT2D eigenvalue weighted by atomic mass is 19.1. The molecule has 0 unspecified atom stereocenters. The van der Waals surface area contributed by atoms with E-state index in [4.69, 9.17) is 4.74 Å². The first kappa shape index (κ1) is 15.8. The average Bonchev–Trinajstić information content (AvgIpc) is 2.35. The third-order valence-corrected chi connectivity index (χ3v) is 4.11. The molecule has 4 heteroatoms. The van der Waals surface area contributed by atoms with Gasteiger partial charge in [-0.15, -0.1) is 0 Å². The summed E-state index contributed by atoms with van der Waals surface area (Å²) in [6, 6.07) is 4.68. The fourth-order valence-corrected chi connectivity index (χ4v) is 3.13. The number of carbonyl (C=O) groups is 1. The maximum Gasteiger partial charge on any atom is 0.230 e. The Morgan fingerprint density at radius 2 is 2.00 bits per heavy atom. The number of rotatable bonds is 4. The van der Waals surface area contributed by atoms with E-state index >= 15 is 0 Å². The number of benzene rings is 1. The van der Waals surface area contributed by atoms with Gasteiger partial charge in [-0.2, -0.15) is 0 Å². The first-order valence-corrected chi connectivity index (χ1v) is 7.42. The molecule has 0 N–H and O–H groups in total. The van der Waals surface area contributed by atoms with Gasteiger partial charge < -0.3 is 9.64 Å². The summed E-state index contributed by atoms with van der Waals surface area (Å²) in [5, 5.41) is 0. The van der Waals surface area contributed by atoms with Gasteiger partial charge in [0, 0.05) is 23.7 Å². The molecule has 0 aliphatic heterocycles. The van der Waals surface area contributed by atoms with Gasteiger partial charge in [0.25, 0.3) is 0 Å². The third kappa shape index (κ3) is 3.20. The predicted octanol–water partition coefficient (Wildman–Crippen LogP) is 4.01. The second-order valence-electron chi connectivity index (χ2n) is 6.89. The van der Waals surface area contributed by atoms with Crippen LogP contribution in [0.2, 0.25) is 0 Å². The summed E-state index contributed by atoms with van der Waals surface area (Å²) < 4.78 is 18.8. The van der Waals surface area contributed by atoms with Gasteiger partial charge in [-0.1, -0.05) is 13.8 Å². The van der Waals surface area contributed by atoms with Crippen LogP contribution in [0.15, 0.2) is 18.2 Å². The van der Waals surface area contributed by atoms with Gasteiger partial charge in [0.15, 0.2) is 11.6 Å². The molecule has 3 nitrogen and oxygen atoms in total. The topological polar surface area (TPSA) is 29.5 Å². The molecule has 1 aliphatic carbocycles. The minimum atomic E-state index is -0.442. The van der Waals surface area contributed by atoms with E-state index in [1.807, 2.05) is 13.8 Å². The quantitative estimate of drug-likeness (QED) is 0.839. The maximum absolute atomic E-state index is 13.9. The zero-order valence-electron chi connectivity index (χ0n) is 13.4. The second kappa shape index (κ2) is 5.66. The van der Waals surface area contributed by atoms with E-state index in [0.29, 0.717) is 5.69 Å². The fraction of sp³-hybridized carbons (Fsp3) is 0.588. The molecule has 0 heterocycles. The Bertz CT molecular complexity index is 532. The minimum Gasteiger partial charge on any atom is -0.494 e. The third-order valence-electron chi connectivity index (χ3n) is 4.11. The van der Waals surface area contributed by atoms with Crippen LogP contribution in [0.1, 0.15) is 40.5 Å². The normalized spacial score (nSPS) is 17.5. The molecule has 116 valence electrons. The summed E-state index contributed by atoms with van der Waals surface area (Å²) in [4.78, 5) is 14.4. The summed E-state index contributed by atoms with van der Waals surface area (Å²) in [6.45, 7) is 8.24. The largest absolute Gasteiger partial charge is 0.494 e. The average molecular weight is 293 g/mol. The van der Waals surface area contributed by atoms with Crippen LogP contribution in [0, 0.1) is 17.2 Å².